The Morgan fingerprint density at radius 1 is 0.903 bits per heavy atom. The first-order valence-corrected chi connectivity index (χ1v) is 9.70. The van der Waals surface area contributed by atoms with E-state index in [1.807, 2.05) is 19.1 Å². The molecule has 7 nitrogen and oxygen atoms in total. The van der Waals surface area contributed by atoms with E-state index in [1.165, 1.54) is 12.1 Å². The van der Waals surface area contributed by atoms with Crippen LogP contribution in [0, 0.1) is 13.8 Å². The smallest absolute Gasteiger partial charge is 0.406 e. The van der Waals surface area contributed by atoms with Crippen LogP contribution in [-0.4, -0.2) is 23.3 Å². The number of nitrogens with zero attached hydrogens (tertiary/aromatic N) is 1. The molecule has 3 rings (SSSR count). The van der Waals surface area contributed by atoms with Gasteiger partial charge in [0.2, 0.25) is 0 Å². The van der Waals surface area contributed by atoms with Crippen molar-refractivity contribution in [1.82, 2.24) is 4.98 Å². The number of hydrogen-bond acceptors (Lipinski definition) is 5. The zero-order valence-electron chi connectivity index (χ0n) is 16.3. The lowest BCUT2D eigenvalue weighted by Crippen LogP contribution is -2.19. The highest BCUT2D eigenvalue weighted by atomic mass is 32.1. The first-order chi connectivity index (χ1) is 14.6. The predicted octanol–water partition coefficient (Wildman–Crippen LogP) is 5.55. The van der Waals surface area contributed by atoms with E-state index >= 15 is 0 Å². The number of anilines is 3. The number of ether oxygens (including phenoxy) is 1. The molecular weight excluding hydrogens is 433 g/mol. The lowest BCUT2D eigenvalue weighted by Gasteiger charge is -2.09. The molecule has 0 saturated carbocycles. The molecule has 0 radical (unpaired) electrons. The second-order valence-electron chi connectivity index (χ2n) is 6.41. The third-order valence-corrected chi connectivity index (χ3v) is 4.95. The number of carbonyl (C=O) groups excluding carboxylic acids is 2. The highest BCUT2D eigenvalue weighted by molar-refractivity contribution is 7.17. The van der Waals surface area contributed by atoms with Gasteiger partial charge in [0, 0.05) is 11.4 Å². The van der Waals surface area contributed by atoms with Crippen LogP contribution in [0.3, 0.4) is 0 Å². The van der Waals surface area contributed by atoms with Crippen molar-refractivity contribution in [2.24, 2.45) is 0 Å². The first-order valence-electron chi connectivity index (χ1n) is 8.88. The number of alkyl halides is 3. The topological polar surface area (TPSA) is 92.4 Å². The zero-order valence-corrected chi connectivity index (χ0v) is 17.1. The Kier molecular flexibility index (Phi) is 6.44. The van der Waals surface area contributed by atoms with Crippen molar-refractivity contribution in [1.29, 1.82) is 0 Å². The Bertz CT molecular complexity index is 1080. The molecule has 0 atom stereocenters. The SMILES string of the molecule is Cc1ccc(NC(=O)Nc2nc(C)c(C(=O)Nc3ccc(OC(F)(F)F)cc3)s2)cc1. The summed E-state index contributed by atoms with van der Waals surface area (Å²) in [5, 5.41) is 8.02. The van der Waals surface area contributed by atoms with Crippen LogP contribution in [-0.2, 0) is 0 Å². The van der Waals surface area contributed by atoms with Crippen molar-refractivity contribution in [3.8, 4) is 5.75 Å². The van der Waals surface area contributed by atoms with Gasteiger partial charge in [0.05, 0.1) is 5.69 Å². The van der Waals surface area contributed by atoms with Gasteiger partial charge in [-0.15, -0.1) is 13.2 Å². The van der Waals surface area contributed by atoms with Gasteiger partial charge in [0.15, 0.2) is 5.13 Å². The van der Waals surface area contributed by atoms with Crippen molar-refractivity contribution < 1.29 is 27.5 Å². The number of hydrogen-bond donors (Lipinski definition) is 3. The Hall–Kier alpha value is -3.60. The highest BCUT2D eigenvalue weighted by Gasteiger charge is 2.31. The minimum Gasteiger partial charge on any atom is -0.406 e. The van der Waals surface area contributed by atoms with Crippen molar-refractivity contribution in [2.45, 2.75) is 20.2 Å². The van der Waals surface area contributed by atoms with Crippen LogP contribution in [0.1, 0.15) is 20.9 Å². The maximum absolute atomic E-state index is 12.5. The van der Waals surface area contributed by atoms with Crippen LogP contribution in [0.15, 0.2) is 48.5 Å². The van der Waals surface area contributed by atoms with Crippen LogP contribution >= 0.6 is 11.3 Å². The summed E-state index contributed by atoms with van der Waals surface area (Å²) in [7, 11) is 0. The average molecular weight is 450 g/mol. The van der Waals surface area contributed by atoms with Crippen molar-refractivity contribution >= 4 is 39.8 Å². The monoisotopic (exact) mass is 450 g/mol. The number of thiazole rings is 1. The van der Waals surface area contributed by atoms with Crippen molar-refractivity contribution in [3.63, 3.8) is 0 Å². The number of benzene rings is 2. The van der Waals surface area contributed by atoms with Gasteiger partial charge >= 0.3 is 12.4 Å². The van der Waals surface area contributed by atoms with E-state index in [4.69, 9.17) is 0 Å². The van der Waals surface area contributed by atoms with E-state index < -0.39 is 24.1 Å². The van der Waals surface area contributed by atoms with Gasteiger partial charge in [-0.25, -0.2) is 9.78 Å². The highest BCUT2D eigenvalue weighted by Crippen LogP contribution is 2.26. The van der Waals surface area contributed by atoms with Crippen LogP contribution in [0.5, 0.6) is 5.75 Å². The van der Waals surface area contributed by atoms with Gasteiger partial charge in [-0.2, -0.15) is 0 Å². The molecule has 1 aromatic heterocycles. The number of carbonyl (C=O) groups is 2. The summed E-state index contributed by atoms with van der Waals surface area (Å²) >= 11 is 0.971. The lowest BCUT2D eigenvalue weighted by molar-refractivity contribution is -0.274. The summed E-state index contributed by atoms with van der Waals surface area (Å²) in [6.07, 6.45) is -4.79. The van der Waals surface area contributed by atoms with Gasteiger partial charge in [0.1, 0.15) is 10.6 Å². The molecule has 0 spiro atoms. The number of aryl methyl sites for hydroxylation is 2. The van der Waals surface area contributed by atoms with E-state index in [2.05, 4.69) is 25.7 Å². The third-order valence-electron chi connectivity index (χ3n) is 3.88. The number of aromatic nitrogens is 1. The average Bonchev–Trinajstić information content (AvgIpc) is 3.04. The van der Waals surface area contributed by atoms with Crippen LogP contribution in [0.4, 0.5) is 34.5 Å². The molecule has 3 N–H and O–H groups in total. The molecule has 0 aliphatic rings. The second kappa shape index (κ2) is 9.04. The van der Waals surface area contributed by atoms with Gasteiger partial charge in [-0.3, -0.25) is 10.1 Å². The second-order valence-corrected chi connectivity index (χ2v) is 7.40. The molecule has 0 unspecified atom stereocenters. The van der Waals surface area contributed by atoms with E-state index in [0.717, 1.165) is 29.0 Å². The normalized spacial score (nSPS) is 11.0. The standard InChI is InChI=1S/C20H17F3N4O3S/c1-11-3-5-14(6-4-11)26-18(29)27-19-24-12(2)16(31-19)17(28)25-13-7-9-15(10-8-13)30-20(21,22)23/h3-10H,1-2H3,(H,25,28)(H2,24,26,27,29). The van der Waals surface area contributed by atoms with Crippen LogP contribution in [0.2, 0.25) is 0 Å². The summed E-state index contributed by atoms with van der Waals surface area (Å²) in [6.45, 7) is 3.54. The molecular formula is C20H17F3N4O3S. The van der Waals surface area contributed by atoms with Gasteiger partial charge < -0.3 is 15.4 Å². The largest absolute Gasteiger partial charge is 0.573 e. The molecule has 11 heteroatoms. The van der Waals surface area contributed by atoms with E-state index in [1.54, 1.807) is 19.1 Å². The minimum absolute atomic E-state index is 0.223. The van der Waals surface area contributed by atoms with Crippen LogP contribution < -0.4 is 20.7 Å². The fourth-order valence-electron chi connectivity index (χ4n) is 2.48. The zero-order chi connectivity index (χ0) is 22.6. The van der Waals surface area contributed by atoms with Gasteiger partial charge in [0.25, 0.3) is 5.91 Å². The summed E-state index contributed by atoms with van der Waals surface area (Å²) in [5.74, 6) is -0.906. The Labute approximate surface area is 179 Å². The molecule has 2 aromatic carbocycles. The molecule has 0 saturated heterocycles. The predicted molar refractivity (Wildman–Crippen MR) is 112 cm³/mol. The molecule has 3 amide bonds. The molecule has 0 fully saturated rings. The Balaban J connectivity index is 1.61. The number of rotatable bonds is 5. The van der Waals surface area contributed by atoms with Crippen molar-refractivity contribution in [3.05, 3.63) is 64.7 Å². The lowest BCUT2D eigenvalue weighted by atomic mass is 10.2. The number of urea groups is 1. The maximum atomic E-state index is 12.5. The first kappa shape index (κ1) is 22.1. The maximum Gasteiger partial charge on any atom is 0.573 e. The van der Waals surface area contributed by atoms with Crippen LogP contribution in [0.25, 0.3) is 0 Å². The summed E-state index contributed by atoms with van der Waals surface area (Å²) in [5.41, 5.74) is 2.33. The fourth-order valence-corrected chi connectivity index (χ4v) is 3.34. The summed E-state index contributed by atoms with van der Waals surface area (Å²) < 4.78 is 40.4. The summed E-state index contributed by atoms with van der Waals surface area (Å²) in [6, 6.07) is 11.5. The molecule has 3 aromatic rings. The van der Waals surface area contributed by atoms with Crippen molar-refractivity contribution in [2.75, 3.05) is 16.0 Å². The molecule has 162 valence electrons. The number of nitrogens with one attached hydrogen (secondary N) is 3. The van der Waals surface area contributed by atoms with Gasteiger partial charge in [-0.1, -0.05) is 29.0 Å². The quantitative estimate of drug-likeness (QED) is 0.475. The number of halogens is 3. The fraction of sp³-hybridized carbons (Fsp3) is 0.150. The summed E-state index contributed by atoms with van der Waals surface area (Å²) in [4.78, 5) is 29.0. The third kappa shape index (κ3) is 6.44. The molecule has 0 aliphatic carbocycles. The van der Waals surface area contributed by atoms with E-state index in [9.17, 15) is 22.8 Å². The number of amides is 3. The Morgan fingerprint density at radius 2 is 1.48 bits per heavy atom. The van der Waals surface area contributed by atoms with E-state index in [-0.39, 0.29) is 15.7 Å². The minimum atomic E-state index is -4.79. The molecule has 0 bridgehead atoms. The molecule has 0 aliphatic heterocycles. The van der Waals surface area contributed by atoms with Gasteiger partial charge in [-0.05, 0) is 50.2 Å². The van der Waals surface area contributed by atoms with E-state index in [0.29, 0.717) is 11.4 Å². The Morgan fingerprint density at radius 3 is 2.10 bits per heavy atom. The molecule has 1 heterocycles. The molecule has 31 heavy (non-hydrogen) atoms.